The van der Waals surface area contributed by atoms with Crippen LogP contribution in [0, 0.1) is 0 Å². The zero-order chi connectivity index (χ0) is 12.9. The molecule has 2 atom stereocenters. The molecule has 0 saturated heterocycles. The Morgan fingerprint density at radius 2 is 2.12 bits per heavy atom. The zero-order valence-electron chi connectivity index (χ0n) is 9.72. The van der Waals surface area contributed by atoms with E-state index in [0.717, 1.165) is 18.9 Å². The first-order chi connectivity index (χ1) is 8.06. The van der Waals surface area contributed by atoms with E-state index in [1.54, 1.807) is 37.3 Å². The van der Waals surface area contributed by atoms with Gasteiger partial charge in [-0.3, -0.25) is 0 Å². The number of hydrogen-bond donors (Lipinski definition) is 1. The van der Waals surface area contributed by atoms with Crippen LogP contribution in [0.5, 0.6) is 0 Å². The van der Waals surface area contributed by atoms with Crippen molar-refractivity contribution in [2.24, 2.45) is 0 Å². The summed E-state index contributed by atoms with van der Waals surface area (Å²) in [5, 5.41) is 7.51. The third-order valence-corrected chi connectivity index (χ3v) is 3.38. The number of ether oxygens (including phenoxy) is 1. The Morgan fingerprint density at radius 1 is 1.53 bits per heavy atom. The molecule has 0 aliphatic rings. The van der Waals surface area contributed by atoms with Gasteiger partial charge in [0.2, 0.25) is 0 Å². The molecule has 1 aromatic carbocycles. The first-order valence-electron chi connectivity index (χ1n) is 5.20. The van der Waals surface area contributed by atoms with Crippen LogP contribution in [-0.2, 0) is 9.53 Å². The first-order valence-corrected chi connectivity index (χ1v) is 6.19. The fourth-order valence-electron chi connectivity index (χ4n) is 1.45. The lowest BCUT2D eigenvalue weighted by molar-refractivity contribution is -0.154. The summed E-state index contributed by atoms with van der Waals surface area (Å²) in [4.78, 5) is 11.5. The van der Waals surface area contributed by atoms with E-state index in [1.165, 1.54) is 0 Å². The highest BCUT2D eigenvalue weighted by Gasteiger charge is 2.48. The summed E-state index contributed by atoms with van der Waals surface area (Å²) in [7, 11) is 1.10. The van der Waals surface area contributed by atoms with E-state index >= 15 is 0 Å². The Morgan fingerprint density at radius 3 is 2.59 bits per heavy atom. The minimum absolute atomic E-state index is 0.348. The predicted molar refractivity (Wildman–Crippen MR) is 65.4 cm³/mol. The maximum Gasteiger partial charge on any atom is 0.357 e. The van der Waals surface area contributed by atoms with Crippen molar-refractivity contribution in [3.8, 4) is 0 Å². The topological polar surface area (TPSA) is 46.5 Å². The molecule has 5 heteroatoms. The van der Waals surface area contributed by atoms with E-state index in [0.29, 0.717) is 11.3 Å². The Labute approximate surface area is 104 Å². The highest BCUT2D eigenvalue weighted by atomic mass is 32.2. The number of methoxy groups -OCH3 is 1. The molecule has 94 valence electrons. The Hall–Kier alpha value is -1.07. The Balaban J connectivity index is 3.03. The van der Waals surface area contributed by atoms with Crippen molar-refractivity contribution in [2.75, 3.05) is 12.9 Å². The van der Waals surface area contributed by atoms with Gasteiger partial charge >= 0.3 is 5.97 Å². The zero-order valence-corrected chi connectivity index (χ0v) is 10.5. The molecule has 0 spiro atoms. The van der Waals surface area contributed by atoms with Crippen LogP contribution in [0.15, 0.2) is 30.3 Å². The van der Waals surface area contributed by atoms with Crippen LogP contribution in [0.25, 0.3) is 0 Å². The van der Waals surface area contributed by atoms with Gasteiger partial charge in [-0.15, -0.1) is 11.8 Å². The second kappa shape index (κ2) is 6.02. The number of aliphatic hydroxyl groups excluding tert-OH is 1. The standard InChI is InChI=1S/C12H15FO3S/c1-3-17-12(13,11(15)16-2)10(14)9-7-5-4-6-8-9/h4-8,10,14H,3H2,1-2H3/t10-,12+/m1/s1. The summed E-state index contributed by atoms with van der Waals surface area (Å²) >= 11 is 0.723. The van der Waals surface area contributed by atoms with Crippen LogP contribution in [0.2, 0.25) is 0 Å². The molecule has 17 heavy (non-hydrogen) atoms. The highest BCUT2D eigenvalue weighted by molar-refractivity contribution is 8.01. The minimum Gasteiger partial charge on any atom is -0.466 e. The van der Waals surface area contributed by atoms with Gasteiger partial charge in [-0.25, -0.2) is 9.18 Å². The number of carbonyl (C=O) groups excluding carboxylic acids is 1. The summed E-state index contributed by atoms with van der Waals surface area (Å²) in [6, 6.07) is 8.23. The molecule has 1 N–H and O–H groups in total. The number of aliphatic hydroxyl groups is 1. The molecule has 0 amide bonds. The van der Waals surface area contributed by atoms with Crippen LogP contribution < -0.4 is 0 Å². The van der Waals surface area contributed by atoms with E-state index in [9.17, 15) is 14.3 Å². The van der Waals surface area contributed by atoms with Crippen molar-refractivity contribution in [2.45, 2.75) is 18.0 Å². The normalized spacial score (nSPS) is 16.0. The van der Waals surface area contributed by atoms with Crippen molar-refractivity contribution < 1.29 is 19.0 Å². The number of thioether (sulfide) groups is 1. The fourth-order valence-corrected chi connectivity index (χ4v) is 2.36. The average molecular weight is 258 g/mol. The molecule has 0 saturated carbocycles. The number of benzene rings is 1. The number of rotatable bonds is 5. The van der Waals surface area contributed by atoms with Crippen molar-refractivity contribution in [3.63, 3.8) is 0 Å². The molecule has 0 fully saturated rings. The number of alkyl halides is 1. The molecule has 3 nitrogen and oxygen atoms in total. The molecule has 0 bridgehead atoms. The van der Waals surface area contributed by atoms with Gasteiger partial charge in [0.15, 0.2) is 0 Å². The summed E-state index contributed by atoms with van der Waals surface area (Å²) < 4.78 is 18.9. The maximum atomic E-state index is 14.5. The lowest BCUT2D eigenvalue weighted by Gasteiger charge is -2.26. The predicted octanol–water partition coefficient (Wildman–Crippen LogP) is 2.31. The molecule has 1 rings (SSSR count). The van der Waals surface area contributed by atoms with Gasteiger partial charge in [-0.1, -0.05) is 37.3 Å². The summed E-state index contributed by atoms with van der Waals surface area (Å²) in [5.74, 6) is -0.712. The fraction of sp³-hybridized carbons (Fsp3) is 0.417. The molecule has 0 heterocycles. The molecular weight excluding hydrogens is 243 g/mol. The Kier molecular flexibility index (Phi) is 4.96. The van der Waals surface area contributed by atoms with Gasteiger partial charge in [0.25, 0.3) is 5.00 Å². The molecule has 0 aromatic heterocycles. The molecule has 0 radical (unpaired) electrons. The van der Waals surface area contributed by atoms with Crippen molar-refractivity contribution in [1.82, 2.24) is 0 Å². The van der Waals surface area contributed by atoms with Crippen LogP contribution >= 0.6 is 11.8 Å². The van der Waals surface area contributed by atoms with Crippen molar-refractivity contribution >= 4 is 17.7 Å². The molecule has 1 aromatic rings. The number of hydrogen-bond acceptors (Lipinski definition) is 4. The largest absolute Gasteiger partial charge is 0.466 e. The van der Waals surface area contributed by atoms with Crippen LogP contribution in [0.1, 0.15) is 18.6 Å². The number of carbonyl (C=O) groups is 1. The Bertz CT molecular complexity index is 371. The second-order valence-corrected chi connectivity index (χ2v) is 4.84. The first kappa shape index (κ1) is 14.0. The van der Waals surface area contributed by atoms with Gasteiger partial charge in [0.1, 0.15) is 6.10 Å². The third-order valence-electron chi connectivity index (χ3n) is 2.29. The van der Waals surface area contributed by atoms with Crippen molar-refractivity contribution in [3.05, 3.63) is 35.9 Å². The van der Waals surface area contributed by atoms with E-state index in [4.69, 9.17) is 0 Å². The number of halogens is 1. The molecule has 0 aliphatic carbocycles. The van der Waals surface area contributed by atoms with Gasteiger partial charge in [-0.05, 0) is 11.3 Å². The van der Waals surface area contributed by atoms with Gasteiger partial charge in [0, 0.05) is 0 Å². The lowest BCUT2D eigenvalue weighted by atomic mass is 10.1. The SMILES string of the molecule is CCS[C@](F)(C(=O)OC)[C@H](O)c1ccccc1. The van der Waals surface area contributed by atoms with E-state index in [2.05, 4.69) is 4.74 Å². The molecular formula is C12H15FO3S. The van der Waals surface area contributed by atoms with Gasteiger partial charge < -0.3 is 9.84 Å². The van der Waals surface area contributed by atoms with Gasteiger partial charge in [-0.2, -0.15) is 0 Å². The monoisotopic (exact) mass is 258 g/mol. The van der Waals surface area contributed by atoms with Gasteiger partial charge in [0.05, 0.1) is 7.11 Å². The highest BCUT2D eigenvalue weighted by Crippen LogP contribution is 2.40. The third kappa shape index (κ3) is 2.98. The summed E-state index contributed by atoms with van der Waals surface area (Å²) in [5.41, 5.74) is 0.348. The second-order valence-electron chi connectivity index (χ2n) is 3.38. The van der Waals surface area contributed by atoms with Crippen LogP contribution in [-0.4, -0.2) is 28.9 Å². The van der Waals surface area contributed by atoms with E-state index in [-0.39, 0.29) is 0 Å². The van der Waals surface area contributed by atoms with Crippen molar-refractivity contribution in [1.29, 1.82) is 0 Å². The number of esters is 1. The lowest BCUT2D eigenvalue weighted by Crippen LogP contribution is -2.38. The average Bonchev–Trinajstić information content (AvgIpc) is 2.38. The van der Waals surface area contributed by atoms with Crippen LogP contribution in [0.3, 0.4) is 0 Å². The molecule has 0 aliphatic heterocycles. The van der Waals surface area contributed by atoms with E-state index in [1.807, 2.05) is 0 Å². The molecule has 0 unspecified atom stereocenters. The van der Waals surface area contributed by atoms with E-state index < -0.39 is 17.1 Å². The minimum atomic E-state index is -2.47. The quantitative estimate of drug-likeness (QED) is 0.823. The summed E-state index contributed by atoms with van der Waals surface area (Å²) in [6.45, 7) is 1.71. The van der Waals surface area contributed by atoms with Crippen LogP contribution in [0.4, 0.5) is 4.39 Å². The summed E-state index contributed by atoms with van der Waals surface area (Å²) in [6.07, 6.45) is -1.54. The maximum absolute atomic E-state index is 14.5. The smallest absolute Gasteiger partial charge is 0.357 e.